The van der Waals surface area contributed by atoms with Crippen molar-refractivity contribution in [3.63, 3.8) is 0 Å². The predicted octanol–water partition coefficient (Wildman–Crippen LogP) is 1.41. The van der Waals surface area contributed by atoms with Gasteiger partial charge in [-0.2, -0.15) is 0 Å². The van der Waals surface area contributed by atoms with Crippen LogP contribution in [0.15, 0.2) is 0 Å². The molecule has 68 valence electrons. The lowest BCUT2D eigenvalue weighted by Crippen LogP contribution is -2.41. The molecule has 2 atom stereocenters. The Morgan fingerprint density at radius 1 is 1.00 bits per heavy atom. The van der Waals surface area contributed by atoms with Crippen molar-refractivity contribution >= 4 is 0 Å². The van der Waals surface area contributed by atoms with Crippen LogP contribution < -0.4 is 0 Å². The van der Waals surface area contributed by atoms with Gasteiger partial charge in [0, 0.05) is 0 Å². The van der Waals surface area contributed by atoms with Gasteiger partial charge in [-0.1, -0.05) is 27.7 Å². The molecule has 0 bridgehead atoms. The maximum absolute atomic E-state index is 9.57. The van der Waals surface area contributed by atoms with E-state index in [9.17, 15) is 5.11 Å². The number of aliphatic hydroxyl groups excluding tert-OH is 2. The second-order valence-electron chi connectivity index (χ2n) is 4.16. The van der Waals surface area contributed by atoms with E-state index in [2.05, 4.69) is 0 Å². The fourth-order valence-electron chi connectivity index (χ4n) is 0.963. The molecule has 0 saturated heterocycles. The Labute approximate surface area is 69.2 Å². The third-order valence-corrected chi connectivity index (χ3v) is 2.71. The average molecular weight is 160 g/mol. The van der Waals surface area contributed by atoms with Gasteiger partial charge >= 0.3 is 0 Å². The minimum absolute atomic E-state index is 0.214. The van der Waals surface area contributed by atoms with E-state index in [0.29, 0.717) is 5.92 Å². The molecule has 0 aromatic heterocycles. The Morgan fingerprint density at radius 2 is 1.36 bits per heavy atom. The minimum Gasteiger partial charge on any atom is -0.391 e. The maximum atomic E-state index is 9.57. The Bertz CT molecular complexity index is 117. The number of hydrogen-bond acceptors (Lipinski definition) is 2. The molecular weight excluding hydrogens is 140 g/mol. The van der Waals surface area contributed by atoms with Crippen molar-refractivity contribution in [2.45, 2.75) is 46.8 Å². The van der Waals surface area contributed by atoms with E-state index in [1.807, 2.05) is 27.7 Å². The highest BCUT2D eigenvalue weighted by Crippen LogP contribution is 2.31. The van der Waals surface area contributed by atoms with Gasteiger partial charge in [0.15, 0.2) is 0 Å². The first-order chi connectivity index (χ1) is 4.80. The fraction of sp³-hybridized carbons (Fsp3) is 1.00. The van der Waals surface area contributed by atoms with E-state index < -0.39 is 12.2 Å². The lowest BCUT2D eigenvalue weighted by atomic mass is 9.74. The lowest BCUT2D eigenvalue weighted by molar-refractivity contribution is -0.0618. The molecule has 0 aromatic carbocycles. The molecule has 2 heteroatoms. The van der Waals surface area contributed by atoms with Gasteiger partial charge in [0.2, 0.25) is 0 Å². The van der Waals surface area contributed by atoms with Crippen LogP contribution in [-0.4, -0.2) is 22.4 Å². The second kappa shape index (κ2) is 3.55. The number of aliphatic hydroxyl groups is 2. The van der Waals surface area contributed by atoms with Crippen LogP contribution in [0.4, 0.5) is 0 Å². The highest BCUT2D eigenvalue weighted by Gasteiger charge is 2.33. The highest BCUT2D eigenvalue weighted by atomic mass is 16.3. The van der Waals surface area contributed by atoms with Crippen molar-refractivity contribution in [2.24, 2.45) is 11.3 Å². The summed E-state index contributed by atoms with van der Waals surface area (Å²) in [5.41, 5.74) is -0.214. The number of rotatable bonds is 3. The van der Waals surface area contributed by atoms with Gasteiger partial charge in [0.1, 0.15) is 0 Å². The minimum atomic E-state index is -0.646. The summed E-state index contributed by atoms with van der Waals surface area (Å²) in [6.45, 7) is 9.65. The van der Waals surface area contributed by atoms with Crippen molar-refractivity contribution < 1.29 is 10.2 Å². The first-order valence-electron chi connectivity index (χ1n) is 4.16. The zero-order valence-corrected chi connectivity index (χ0v) is 8.13. The van der Waals surface area contributed by atoms with Crippen LogP contribution in [0.1, 0.15) is 34.6 Å². The van der Waals surface area contributed by atoms with E-state index in [4.69, 9.17) is 5.11 Å². The lowest BCUT2D eigenvalue weighted by Gasteiger charge is -2.36. The number of hydrogen-bond donors (Lipinski definition) is 2. The Balaban J connectivity index is 4.29. The summed E-state index contributed by atoms with van der Waals surface area (Å²) in [5.74, 6) is 0.368. The first kappa shape index (κ1) is 10.9. The standard InChI is InChI=1S/C9H20O2/c1-6(2)9(4,5)8(11)7(3)10/h6-8,10-11H,1-5H3. The monoisotopic (exact) mass is 160 g/mol. The Kier molecular flexibility index (Phi) is 3.52. The molecule has 0 radical (unpaired) electrons. The van der Waals surface area contributed by atoms with Gasteiger partial charge in [0.25, 0.3) is 0 Å². The van der Waals surface area contributed by atoms with Gasteiger partial charge < -0.3 is 10.2 Å². The molecule has 0 spiro atoms. The van der Waals surface area contributed by atoms with Crippen molar-refractivity contribution in [3.8, 4) is 0 Å². The van der Waals surface area contributed by atoms with Gasteiger partial charge in [-0.25, -0.2) is 0 Å². The third kappa shape index (κ3) is 2.46. The zero-order chi connectivity index (χ0) is 9.23. The summed E-state index contributed by atoms with van der Waals surface area (Å²) in [5, 5.41) is 18.7. The Hall–Kier alpha value is -0.0800. The van der Waals surface area contributed by atoms with Crippen LogP contribution in [0.3, 0.4) is 0 Å². The molecule has 0 aromatic rings. The molecule has 0 aliphatic carbocycles. The molecule has 0 fully saturated rings. The third-order valence-electron chi connectivity index (χ3n) is 2.71. The Morgan fingerprint density at radius 3 is 1.45 bits per heavy atom. The second-order valence-corrected chi connectivity index (χ2v) is 4.16. The quantitative estimate of drug-likeness (QED) is 0.655. The topological polar surface area (TPSA) is 40.5 Å². The van der Waals surface area contributed by atoms with Crippen LogP contribution in [0.25, 0.3) is 0 Å². The summed E-state index contributed by atoms with van der Waals surface area (Å²) >= 11 is 0. The smallest absolute Gasteiger partial charge is 0.0849 e. The normalized spacial score (nSPS) is 18.5. The molecule has 2 nitrogen and oxygen atoms in total. The average Bonchev–Trinajstić information content (AvgIpc) is 1.85. The first-order valence-corrected chi connectivity index (χ1v) is 4.16. The van der Waals surface area contributed by atoms with Gasteiger partial charge in [0.05, 0.1) is 12.2 Å². The van der Waals surface area contributed by atoms with E-state index in [1.165, 1.54) is 0 Å². The molecule has 0 saturated carbocycles. The highest BCUT2D eigenvalue weighted by molar-refractivity contribution is 4.83. The molecule has 0 aliphatic rings. The van der Waals surface area contributed by atoms with E-state index in [1.54, 1.807) is 6.92 Å². The van der Waals surface area contributed by atoms with E-state index >= 15 is 0 Å². The molecule has 0 rings (SSSR count). The molecular formula is C9H20O2. The van der Waals surface area contributed by atoms with Crippen LogP contribution in [0.5, 0.6) is 0 Å². The van der Waals surface area contributed by atoms with E-state index in [-0.39, 0.29) is 5.41 Å². The fourth-order valence-corrected chi connectivity index (χ4v) is 0.963. The summed E-state index contributed by atoms with van der Waals surface area (Å²) < 4.78 is 0. The summed E-state index contributed by atoms with van der Waals surface area (Å²) in [6.07, 6.45) is -1.28. The molecule has 0 aliphatic heterocycles. The summed E-state index contributed by atoms with van der Waals surface area (Å²) in [4.78, 5) is 0. The van der Waals surface area contributed by atoms with Gasteiger partial charge in [-0.15, -0.1) is 0 Å². The van der Waals surface area contributed by atoms with Gasteiger partial charge in [-0.3, -0.25) is 0 Å². The molecule has 0 heterocycles. The molecule has 2 unspecified atom stereocenters. The summed E-state index contributed by atoms with van der Waals surface area (Å²) in [7, 11) is 0. The van der Waals surface area contributed by atoms with Crippen LogP contribution >= 0.6 is 0 Å². The SMILES string of the molecule is CC(O)C(O)C(C)(C)C(C)C. The van der Waals surface area contributed by atoms with E-state index in [0.717, 1.165) is 0 Å². The van der Waals surface area contributed by atoms with Crippen molar-refractivity contribution in [2.75, 3.05) is 0 Å². The van der Waals surface area contributed by atoms with Crippen LogP contribution in [0.2, 0.25) is 0 Å². The predicted molar refractivity (Wildman–Crippen MR) is 46.3 cm³/mol. The summed E-state index contributed by atoms with van der Waals surface area (Å²) in [6, 6.07) is 0. The van der Waals surface area contributed by atoms with Crippen molar-refractivity contribution in [1.82, 2.24) is 0 Å². The van der Waals surface area contributed by atoms with Crippen molar-refractivity contribution in [1.29, 1.82) is 0 Å². The molecule has 0 amide bonds. The molecule has 2 N–H and O–H groups in total. The maximum Gasteiger partial charge on any atom is 0.0849 e. The molecule has 11 heavy (non-hydrogen) atoms. The largest absolute Gasteiger partial charge is 0.391 e. The van der Waals surface area contributed by atoms with Crippen LogP contribution in [-0.2, 0) is 0 Å². The zero-order valence-electron chi connectivity index (χ0n) is 8.13. The van der Waals surface area contributed by atoms with Gasteiger partial charge in [-0.05, 0) is 18.3 Å². The van der Waals surface area contributed by atoms with Crippen molar-refractivity contribution in [3.05, 3.63) is 0 Å². The van der Waals surface area contributed by atoms with Crippen LogP contribution in [0, 0.1) is 11.3 Å².